The molecule has 1 aromatic carbocycles. The number of methoxy groups -OCH3 is 1. The van der Waals surface area contributed by atoms with Crippen LogP contribution in [0.25, 0.3) is 0 Å². The van der Waals surface area contributed by atoms with E-state index in [0.29, 0.717) is 18.6 Å². The molecule has 2 aliphatic carbocycles. The molecule has 0 spiro atoms. The lowest BCUT2D eigenvalue weighted by Gasteiger charge is -2.58. The number of ether oxygens (including phenoxy) is 2. The summed E-state index contributed by atoms with van der Waals surface area (Å²) in [6, 6.07) is 6.83. The van der Waals surface area contributed by atoms with Crippen molar-refractivity contribution in [2.24, 2.45) is 5.92 Å². The number of amides is 1. The van der Waals surface area contributed by atoms with Gasteiger partial charge in [-0.25, -0.2) is 4.79 Å². The highest BCUT2D eigenvalue weighted by Gasteiger charge is 2.55. The summed E-state index contributed by atoms with van der Waals surface area (Å²) in [5, 5.41) is 0. The molecule has 4 nitrogen and oxygen atoms in total. The molecule has 2 bridgehead atoms. The highest BCUT2D eigenvalue weighted by atomic mass is 16.6. The van der Waals surface area contributed by atoms with Crippen LogP contribution in [0.4, 0.5) is 4.79 Å². The Morgan fingerprint density at radius 3 is 3.00 bits per heavy atom. The number of nitrogens with zero attached hydrogens (tertiary/aromatic N) is 1. The van der Waals surface area contributed by atoms with Crippen molar-refractivity contribution in [2.75, 3.05) is 20.3 Å². The summed E-state index contributed by atoms with van der Waals surface area (Å²) in [6.07, 6.45) is 6.90. The van der Waals surface area contributed by atoms with Crippen LogP contribution in [-0.4, -0.2) is 37.3 Å². The quantitative estimate of drug-likeness (QED) is 0.826. The number of rotatable bonds is 2. The van der Waals surface area contributed by atoms with Gasteiger partial charge >= 0.3 is 6.09 Å². The van der Waals surface area contributed by atoms with E-state index in [4.69, 9.17) is 9.47 Å². The van der Waals surface area contributed by atoms with E-state index in [9.17, 15) is 4.79 Å². The van der Waals surface area contributed by atoms with Gasteiger partial charge in [-0.15, -0.1) is 0 Å². The molecule has 24 heavy (non-hydrogen) atoms. The molecule has 0 N–H and O–H groups in total. The maximum Gasteiger partial charge on any atom is 0.410 e. The lowest BCUT2D eigenvalue weighted by molar-refractivity contribution is -0.0110. The highest BCUT2D eigenvalue weighted by Crippen LogP contribution is 2.56. The van der Waals surface area contributed by atoms with Crippen molar-refractivity contribution in [3.63, 3.8) is 0 Å². The normalized spacial score (nSPS) is 31.0. The van der Waals surface area contributed by atoms with E-state index in [2.05, 4.69) is 18.2 Å². The standard InChI is InChI=1S/C20H27NO3/c1-3-24-19(22)21-11-10-20-9-5-4-6-16(20)18(21)12-14-7-8-15(23-2)13-17(14)20/h7-8,13,16,18H,3-6,9-12H2,1-2H3/t16?,18?,20-/m1/s1. The van der Waals surface area contributed by atoms with Gasteiger partial charge in [0.05, 0.1) is 13.7 Å². The van der Waals surface area contributed by atoms with Crippen molar-refractivity contribution in [1.82, 2.24) is 4.90 Å². The average Bonchev–Trinajstić information content (AvgIpc) is 2.61. The number of hydrogen-bond donors (Lipinski definition) is 0. The molecule has 130 valence electrons. The third-order valence-corrected chi connectivity index (χ3v) is 6.55. The van der Waals surface area contributed by atoms with Gasteiger partial charge in [0.1, 0.15) is 5.75 Å². The Morgan fingerprint density at radius 1 is 1.33 bits per heavy atom. The van der Waals surface area contributed by atoms with Crippen LogP contribution >= 0.6 is 0 Å². The Kier molecular flexibility index (Phi) is 3.93. The number of carbonyl (C=O) groups excluding carboxylic acids is 1. The van der Waals surface area contributed by atoms with Crippen molar-refractivity contribution in [2.45, 2.75) is 56.9 Å². The molecular formula is C20H27NO3. The number of fused-ring (bicyclic) bond motifs is 1. The predicted octanol–water partition coefficient (Wildman–Crippen LogP) is 3.91. The van der Waals surface area contributed by atoms with Crippen LogP contribution in [-0.2, 0) is 16.6 Å². The van der Waals surface area contributed by atoms with E-state index in [1.165, 1.54) is 36.8 Å². The van der Waals surface area contributed by atoms with Gasteiger partial charge in [-0.2, -0.15) is 0 Å². The molecule has 1 heterocycles. The molecule has 0 radical (unpaired) electrons. The minimum absolute atomic E-state index is 0.126. The second-order valence-corrected chi connectivity index (χ2v) is 7.45. The first-order valence-corrected chi connectivity index (χ1v) is 9.30. The van der Waals surface area contributed by atoms with Gasteiger partial charge in [-0.3, -0.25) is 0 Å². The van der Waals surface area contributed by atoms with Crippen molar-refractivity contribution in [3.05, 3.63) is 29.3 Å². The first-order valence-electron chi connectivity index (χ1n) is 9.30. The van der Waals surface area contributed by atoms with E-state index >= 15 is 0 Å². The Labute approximate surface area is 144 Å². The molecule has 3 aliphatic rings. The van der Waals surface area contributed by atoms with Crippen molar-refractivity contribution in [3.8, 4) is 5.75 Å². The van der Waals surface area contributed by atoms with Crippen molar-refractivity contribution < 1.29 is 14.3 Å². The molecule has 2 fully saturated rings. The molecule has 1 amide bonds. The third kappa shape index (κ3) is 2.22. The zero-order valence-corrected chi connectivity index (χ0v) is 14.7. The molecule has 4 heteroatoms. The van der Waals surface area contributed by atoms with Gasteiger partial charge in [0, 0.05) is 18.0 Å². The first-order chi connectivity index (χ1) is 11.7. The summed E-state index contributed by atoms with van der Waals surface area (Å²) in [7, 11) is 1.74. The summed E-state index contributed by atoms with van der Waals surface area (Å²) < 4.78 is 10.8. The lowest BCUT2D eigenvalue weighted by atomic mass is 9.52. The van der Waals surface area contributed by atoms with E-state index in [-0.39, 0.29) is 11.5 Å². The Bertz CT molecular complexity index is 644. The SMILES string of the molecule is CCOC(=O)N1CC[C@]23CCCCC2C1Cc1ccc(OC)cc13. The minimum Gasteiger partial charge on any atom is -0.497 e. The van der Waals surface area contributed by atoms with Gasteiger partial charge in [0.15, 0.2) is 0 Å². The summed E-state index contributed by atoms with van der Waals surface area (Å²) in [5.74, 6) is 1.52. The topological polar surface area (TPSA) is 38.8 Å². The maximum absolute atomic E-state index is 12.5. The van der Waals surface area contributed by atoms with Gasteiger partial charge in [-0.1, -0.05) is 18.9 Å². The van der Waals surface area contributed by atoms with Crippen LogP contribution in [0.15, 0.2) is 18.2 Å². The number of piperidine rings is 1. The van der Waals surface area contributed by atoms with E-state index in [0.717, 1.165) is 25.1 Å². The maximum atomic E-state index is 12.5. The predicted molar refractivity (Wildman–Crippen MR) is 92.5 cm³/mol. The summed E-state index contributed by atoms with van der Waals surface area (Å²) in [4.78, 5) is 14.5. The first kappa shape index (κ1) is 15.8. The Morgan fingerprint density at radius 2 is 2.21 bits per heavy atom. The van der Waals surface area contributed by atoms with Crippen LogP contribution in [0.2, 0.25) is 0 Å². The number of hydrogen-bond acceptors (Lipinski definition) is 3. The second-order valence-electron chi connectivity index (χ2n) is 7.45. The monoisotopic (exact) mass is 329 g/mol. The average molecular weight is 329 g/mol. The largest absolute Gasteiger partial charge is 0.497 e. The Hall–Kier alpha value is -1.71. The summed E-state index contributed by atoms with van der Waals surface area (Å²) in [6.45, 7) is 3.15. The van der Waals surface area contributed by atoms with Crippen molar-refractivity contribution >= 4 is 6.09 Å². The van der Waals surface area contributed by atoms with Crippen LogP contribution in [0.1, 0.15) is 50.2 Å². The second kappa shape index (κ2) is 5.98. The molecule has 1 saturated carbocycles. The van der Waals surface area contributed by atoms with Crippen LogP contribution in [0.3, 0.4) is 0 Å². The van der Waals surface area contributed by atoms with Gasteiger partial charge in [0.25, 0.3) is 0 Å². The van der Waals surface area contributed by atoms with Gasteiger partial charge < -0.3 is 14.4 Å². The fourth-order valence-electron chi connectivity index (χ4n) is 5.54. The zero-order valence-electron chi connectivity index (χ0n) is 14.7. The van der Waals surface area contributed by atoms with Gasteiger partial charge in [0.2, 0.25) is 0 Å². The van der Waals surface area contributed by atoms with Crippen LogP contribution in [0.5, 0.6) is 5.75 Å². The smallest absolute Gasteiger partial charge is 0.410 e. The molecule has 0 aromatic heterocycles. The summed E-state index contributed by atoms with van der Waals surface area (Å²) in [5.41, 5.74) is 3.12. The fraction of sp³-hybridized carbons (Fsp3) is 0.650. The van der Waals surface area contributed by atoms with E-state index < -0.39 is 0 Å². The number of likely N-dealkylation sites (tertiary alicyclic amines) is 1. The van der Waals surface area contributed by atoms with Crippen molar-refractivity contribution in [1.29, 1.82) is 0 Å². The molecule has 1 aromatic rings. The molecule has 2 unspecified atom stereocenters. The molecule has 4 rings (SSSR count). The molecule has 1 saturated heterocycles. The molecule has 3 atom stereocenters. The Balaban J connectivity index is 1.77. The van der Waals surface area contributed by atoms with Crippen LogP contribution in [0, 0.1) is 5.92 Å². The van der Waals surface area contributed by atoms with E-state index in [1.54, 1.807) is 7.11 Å². The molecule has 1 aliphatic heterocycles. The zero-order chi connectivity index (χ0) is 16.7. The summed E-state index contributed by atoms with van der Waals surface area (Å²) >= 11 is 0. The lowest BCUT2D eigenvalue weighted by Crippen LogP contribution is -2.62. The highest BCUT2D eigenvalue weighted by molar-refractivity contribution is 5.69. The van der Waals surface area contributed by atoms with Crippen LogP contribution < -0.4 is 4.74 Å². The molecular weight excluding hydrogens is 302 g/mol. The fourth-order valence-corrected chi connectivity index (χ4v) is 5.54. The van der Waals surface area contributed by atoms with E-state index in [1.807, 2.05) is 11.8 Å². The third-order valence-electron chi connectivity index (χ3n) is 6.55. The number of carbonyl (C=O) groups is 1. The minimum atomic E-state index is -0.126. The van der Waals surface area contributed by atoms with Gasteiger partial charge in [-0.05, 0) is 61.8 Å². The number of benzene rings is 1.